The minimum Gasteiger partial charge on any atom is -0.454 e. The molecule has 0 atom stereocenters. The van der Waals surface area contributed by atoms with Gasteiger partial charge >= 0.3 is 6.61 Å². The highest BCUT2D eigenvalue weighted by molar-refractivity contribution is 6.32. The van der Waals surface area contributed by atoms with Crippen molar-refractivity contribution in [3.8, 4) is 5.75 Å². The number of ether oxygens (including phenoxy) is 1. The first-order valence-electron chi connectivity index (χ1n) is 7.13. The van der Waals surface area contributed by atoms with E-state index >= 15 is 0 Å². The Hall–Kier alpha value is -2.87. The fraction of sp³-hybridized carbons (Fsp3) is 0.125. The molecule has 25 heavy (non-hydrogen) atoms. The standard InChI is InChI=1S/C16H12ClF2N3O3/c17-12-8-10(2-4-13(12)25-16(18)19)21-15(23)14-5-3-11(24-14)9-22-7-1-6-20-22/h1-8,16H,9H2,(H,21,23). The number of nitrogens with one attached hydrogen (secondary N) is 1. The van der Waals surface area contributed by atoms with Crippen LogP contribution < -0.4 is 10.1 Å². The lowest BCUT2D eigenvalue weighted by atomic mass is 10.3. The molecule has 0 spiro atoms. The second-order valence-corrected chi connectivity index (χ2v) is 5.35. The first kappa shape index (κ1) is 17.0. The van der Waals surface area contributed by atoms with Crippen LogP contribution in [0.3, 0.4) is 0 Å². The molecule has 0 radical (unpaired) electrons. The van der Waals surface area contributed by atoms with Crippen LogP contribution in [0.25, 0.3) is 0 Å². The Morgan fingerprint density at radius 2 is 2.20 bits per heavy atom. The number of hydrogen-bond donors (Lipinski definition) is 1. The third-order valence-electron chi connectivity index (χ3n) is 3.17. The summed E-state index contributed by atoms with van der Waals surface area (Å²) in [6, 6.07) is 8.93. The summed E-state index contributed by atoms with van der Waals surface area (Å²) in [5, 5.41) is 6.57. The quantitative estimate of drug-likeness (QED) is 0.714. The summed E-state index contributed by atoms with van der Waals surface area (Å²) in [5.74, 6) is -0.00164. The number of alkyl halides is 2. The lowest BCUT2D eigenvalue weighted by Gasteiger charge is -2.09. The van der Waals surface area contributed by atoms with Crippen LogP contribution in [-0.4, -0.2) is 22.3 Å². The molecule has 3 aromatic rings. The van der Waals surface area contributed by atoms with E-state index in [0.717, 1.165) is 0 Å². The molecule has 0 saturated carbocycles. The van der Waals surface area contributed by atoms with Gasteiger partial charge in [-0.1, -0.05) is 11.6 Å². The fourth-order valence-electron chi connectivity index (χ4n) is 2.10. The summed E-state index contributed by atoms with van der Waals surface area (Å²) in [4.78, 5) is 12.2. The van der Waals surface area contributed by atoms with Crippen molar-refractivity contribution in [2.24, 2.45) is 0 Å². The topological polar surface area (TPSA) is 69.3 Å². The van der Waals surface area contributed by atoms with Crippen LogP contribution in [0.15, 0.2) is 53.2 Å². The van der Waals surface area contributed by atoms with Crippen molar-refractivity contribution < 1.29 is 22.7 Å². The molecule has 1 N–H and O–H groups in total. The third-order valence-corrected chi connectivity index (χ3v) is 3.46. The maximum Gasteiger partial charge on any atom is 0.387 e. The molecule has 0 aliphatic rings. The Kier molecular flexibility index (Phi) is 4.99. The van der Waals surface area contributed by atoms with Crippen LogP contribution in [0.1, 0.15) is 16.3 Å². The molecule has 3 rings (SSSR count). The van der Waals surface area contributed by atoms with Crippen molar-refractivity contribution in [3.05, 3.63) is 65.3 Å². The molecule has 2 aromatic heterocycles. The SMILES string of the molecule is O=C(Nc1ccc(OC(F)F)c(Cl)c1)c1ccc(Cn2cccn2)o1. The maximum absolute atomic E-state index is 12.2. The lowest BCUT2D eigenvalue weighted by molar-refractivity contribution is -0.0497. The van der Waals surface area contributed by atoms with Crippen molar-refractivity contribution in [2.45, 2.75) is 13.2 Å². The molecule has 9 heteroatoms. The number of benzene rings is 1. The van der Waals surface area contributed by atoms with E-state index in [1.165, 1.54) is 24.3 Å². The Labute approximate surface area is 146 Å². The van der Waals surface area contributed by atoms with Crippen LogP contribution in [0.5, 0.6) is 5.75 Å². The van der Waals surface area contributed by atoms with E-state index in [0.29, 0.717) is 18.0 Å². The van der Waals surface area contributed by atoms with Crippen LogP contribution in [0.4, 0.5) is 14.5 Å². The van der Waals surface area contributed by atoms with Gasteiger partial charge in [-0.2, -0.15) is 13.9 Å². The van der Waals surface area contributed by atoms with Crippen LogP contribution in [-0.2, 0) is 6.54 Å². The number of furan rings is 1. The third kappa shape index (κ3) is 4.36. The summed E-state index contributed by atoms with van der Waals surface area (Å²) >= 11 is 5.84. The van der Waals surface area contributed by atoms with E-state index < -0.39 is 12.5 Å². The molecule has 0 aliphatic carbocycles. The number of rotatable bonds is 6. The van der Waals surface area contributed by atoms with Gasteiger partial charge in [-0.05, 0) is 36.4 Å². The van der Waals surface area contributed by atoms with Gasteiger partial charge in [-0.3, -0.25) is 9.48 Å². The molecule has 130 valence electrons. The highest BCUT2D eigenvalue weighted by Crippen LogP contribution is 2.29. The molecule has 0 bridgehead atoms. The summed E-state index contributed by atoms with van der Waals surface area (Å²) in [6.07, 6.45) is 3.41. The molecule has 0 aliphatic heterocycles. The molecular formula is C16H12ClF2N3O3. The molecule has 0 unspecified atom stereocenters. The van der Waals surface area contributed by atoms with E-state index in [2.05, 4.69) is 15.2 Å². The number of hydrogen-bond acceptors (Lipinski definition) is 4. The minimum absolute atomic E-state index is 0.0445. The largest absolute Gasteiger partial charge is 0.454 e. The Balaban J connectivity index is 1.66. The normalized spacial score (nSPS) is 10.9. The summed E-state index contributed by atoms with van der Waals surface area (Å²) < 4.78 is 35.8. The average molecular weight is 368 g/mol. The van der Waals surface area contributed by atoms with Crippen molar-refractivity contribution in [1.82, 2.24) is 9.78 Å². The number of amides is 1. The zero-order chi connectivity index (χ0) is 17.8. The number of carbonyl (C=O) groups is 1. The van der Waals surface area contributed by atoms with Gasteiger partial charge in [0.25, 0.3) is 5.91 Å². The first-order valence-corrected chi connectivity index (χ1v) is 7.51. The Morgan fingerprint density at radius 3 is 2.88 bits per heavy atom. The molecule has 1 aromatic carbocycles. The fourth-order valence-corrected chi connectivity index (χ4v) is 2.33. The number of aromatic nitrogens is 2. The predicted octanol–water partition coefficient (Wildman–Crippen LogP) is 4.03. The number of anilines is 1. The maximum atomic E-state index is 12.2. The first-order chi connectivity index (χ1) is 12.0. The van der Waals surface area contributed by atoms with Gasteiger partial charge in [0.1, 0.15) is 11.5 Å². The van der Waals surface area contributed by atoms with E-state index in [1.54, 1.807) is 29.2 Å². The minimum atomic E-state index is -2.98. The second-order valence-electron chi connectivity index (χ2n) is 4.95. The van der Waals surface area contributed by atoms with Crippen LogP contribution >= 0.6 is 11.6 Å². The van der Waals surface area contributed by atoms with E-state index in [-0.39, 0.29) is 16.5 Å². The molecule has 6 nitrogen and oxygen atoms in total. The van der Waals surface area contributed by atoms with Gasteiger partial charge in [0.05, 0.1) is 11.6 Å². The van der Waals surface area contributed by atoms with Gasteiger partial charge in [-0.25, -0.2) is 0 Å². The Morgan fingerprint density at radius 1 is 1.36 bits per heavy atom. The van der Waals surface area contributed by atoms with Crippen LogP contribution in [0.2, 0.25) is 5.02 Å². The summed E-state index contributed by atoms with van der Waals surface area (Å²) in [6.45, 7) is -2.58. The molecule has 1 amide bonds. The van der Waals surface area contributed by atoms with E-state index in [4.69, 9.17) is 16.0 Å². The van der Waals surface area contributed by atoms with Gasteiger partial charge in [0.2, 0.25) is 0 Å². The van der Waals surface area contributed by atoms with Gasteiger partial charge in [0, 0.05) is 18.1 Å². The molecular weight excluding hydrogens is 356 g/mol. The highest BCUT2D eigenvalue weighted by Gasteiger charge is 2.14. The smallest absolute Gasteiger partial charge is 0.387 e. The van der Waals surface area contributed by atoms with E-state index in [1.807, 2.05) is 0 Å². The zero-order valence-corrected chi connectivity index (χ0v) is 13.4. The average Bonchev–Trinajstić information content (AvgIpc) is 3.22. The van der Waals surface area contributed by atoms with Gasteiger partial charge in [-0.15, -0.1) is 0 Å². The number of nitrogens with zero attached hydrogens (tertiary/aromatic N) is 2. The van der Waals surface area contributed by atoms with E-state index in [9.17, 15) is 13.6 Å². The van der Waals surface area contributed by atoms with Crippen LogP contribution in [0, 0.1) is 0 Å². The summed E-state index contributed by atoms with van der Waals surface area (Å²) in [5.41, 5.74) is 0.321. The molecule has 0 saturated heterocycles. The molecule has 2 heterocycles. The van der Waals surface area contributed by atoms with Gasteiger partial charge < -0.3 is 14.5 Å². The highest BCUT2D eigenvalue weighted by atomic mass is 35.5. The monoisotopic (exact) mass is 367 g/mol. The molecule has 0 fully saturated rings. The van der Waals surface area contributed by atoms with Crippen molar-refractivity contribution >= 4 is 23.2 Å². The Bertz CT molecular complexity index is 865. The van der Waals surface area contributed by atoms with Gasteiger partial charge in [0.15, 0.2) is 5.76 Å². The second kappa shape index (κ2) is 7.35. The van der Waals surface area contributed by atoms with Crippen molar-refractivity contribution in [2.75, 3.05) is 5.32 Å². The van der Waals surface area contributed by atoms with Crippen molar-refractivity contribution in [1.29, 1.82) is 0 Å². The lowest BCUT2D eigenvalue weighted by Crippen LogP contribution is -2.11. The number of carbonyl (C=O) groups excluding carboxylic acids is 1. The number of halogens is 3. The summed E-state index contributed by atoms with van der Waals surface area (Å²) in [7, 11) is 0. The van der Waals surface area contributed by atoms with Crippen molar-refractivity contribution in [3.63, 3.8) is 0 Å². The zero-order valence-electron chi connectivity index (χ0n) is 12.7. The predicted molar refractivity (Wildman–Crippen MR) is 86.1 cm³/mol.